The largest absolute Gasteiger partial charge is 0.462 e. The van der Waals surface area contributed by atoms with Crippen LogP contribution in [0.25, 0.3) is 0 Å². The molecule has 0 aromatic heterocycles. The van der Waals surface area contributed by atoms with Crippen molar-refractivity contribution in [2.75, 3.05) is 0 Å². The van der Waals surface area contributed by atoms with Crippen molar-refractivity contribution in [2.45, 2.75) is 126 Å². The smallest absolute Gasteiger partial charge is 0.307 e. The molecule has 0 amide bonds. The van der Waals surface area contributed by atoms with Crippen LogP contribution in [-0.2, 0) is 14.3 Å². The Morgan fingerprint density at radius 3 is 2.11 bits per heavy atom. The van der Waals surface area contributed by atoms with E-state index in [9.17, 15) is 14.0 Å². The molecule has 5 saturated carbocycles. The number of hydrogen-bond acceptors (Lipinski definition) is 3. The Hall–Kier alpha value is -0.930. The maximum Gasteiger partial charge on any atom is 0.307 e. The summed E-state index contributed by atoms with van der Waals surface area (Å²) >= 11 is 0. The fourth-order valence-electron chi connectivity index (χ4n) is 12.1. The van der Waals surface area contributed by atoms with Crippen LogP contribution in [-0.4, -0.2) is 18.1 Å². The lowest BCUT2D eigenvalue weighted by molar-refractivity contribution is -0.250. The highest BCUT2D eigenvalue weighted by Crippen LogP contribution is 2.77. The molecular formula is C32H51FO3. The summed E-state index contributed by atoms with van der Waals surface area (Å²) < 4.78 is 20.8. The van der Waals surface area contributed by atoms with E-state index in [0.29, 0.717) is 29.6 Å². The van der Waals surface area contributed by atoms with Gasteiger partial charge >= 0.3 is 12.0 Å². The van der Waals surface area contributed by atoms with Gasteiger partial charge in [0, 0.05) is 12.3 Å². The molecule has 0 N–H and O–H groups in total. The lowest BCUT2D eigenvalue weighted by Gasteiger charge is -2.72. The van der Waals surface area contributed by atoms with Crippen molar-refractivity contribution in [1.82, 2.24) is 0 Å². The van der Waals surface area contributed by atoms with Gasteiger partial charge < -0.3 is 4.74 Å². The second-order valence-electron chi connectivity index (χ2n) is 15.5. The number of fused-ring (bicyclic) bond motifs is 7. The maximum atomic E-state index is 14.9. The van der Waals surface area contributed by atoms with E-state index in [0.717, 1.165) is 44.9 Å². The minimum atomic E-state index is -1.01. The molecule has 10 atom stereocenters. The Kier molecular flexibility index (Phi) is 6.14. The third-order valence-corrected chi connectivity index (χ3v) is 14.0. The molecule has 3 nitrogen and oxygen atoms in total. The Morgan fingerprint density at radius 1 is 0.806 bits per heavy atom. The number of halogens is 1. The summed E-state index contributed by atoms with van der Waals surface area (Å²) in [5.41, 5.74) is -0.191. The molecule has 5 aliphatic carbocycles. The molecule has 4 heteroatoms. The maximum absolute atomic E-state index is 14.9. The van der Waals surface area contributed by atoms with Crippen molar-refractivity contribution in [3.05, 3.63) is 0 Å². The lowest BCUT2D eigenvalue weighted by atomic mass is 9.32. The summed E-state index contributed by atoms with van der Waals surface area (Å²) in [5, 5.41) is 0. The minimum absolute atomic E-state index is 0.000472. The van der Waals surface area contributed by atoms with Gasteiger partial charge in [0.2, 0.25) is 0 Å². The van der Waals surface area contributed by atoms with Crippen LogP contribution in [0.15, 0.2) is 0 Å². The molecular weight excluding hydrogens is 451 g/mol. The van der Waals surface area contributed by atoms with E-state index in [1.54, 1.807) is 6.92 Å². The van der Waals surface area contributed by atoms with E-state index < -0.39 is 11.5 Å². The van der Waals surface area contributed by atoms with Gasteiger partial charge in [0.05, 0.1) is 5.41 Å². The van der Waals surface area contributed by atoms with Crippen LogP contribution in [0.2, 0.25) is 0 Å². The topological polar surface area (TPSA) is 43.4 Å². The van der Waals surface area contributed by atoms with E-state index >= 15 is 0 Å². The van der Waals surface area contributed by atoms with Crippen LogP contribution >= 0.6 is 0 Å². The number of ether oxygens (including phenoxy) is 1. The fraction of sp³-hybridized carbons (Fsp3) is 0.938. The van der Waals surface area contributed by atoms with Crippen LogP contribution in [0.3, 0.4) is 0 Å². The van der Waals surface area contributed by atoms with Crippen LogP contribution in [0.5, 0.6) is 0 Å². The van der Waals surface area contributed by atoms with Gasteiger partial charge in [0.1, 0.15) is 6.10 Å². The molecule has 0 aromatic carbocycles. The van der Waals surface area contributed by atoms with E-state index in [-0.39, 0.29) is 39.7 Å². The quantitative estimate of drug-likeness (QED) is 0.289. The Labute approximate surface area is 219 Å². The highest BCUT2D eigenvalue weighted by Gasteiger charge is 2.72. The molecule has 36 heavy (non-hydrogen) atoms. The van der Waals surface area contributed by atoms with Crippen molar-refractivity contribution in [1.29, 1.82) is 0 Å². The first-order valence-electron chi connectivity index (χ1n) is 15.0. The average Bonchev–Trinajstić information content (AvgIpc) is 3.17. The highest BCUT2D eigenvalue weighted by molar-refractivity contribution is 5.77. The second kappa shape index (κ2) is 8.28. The Bertz CT molecular complexity index is 926. The van der Waals surface area contributed by atoms with E-state index in [2.05, 4.69) is 48.5 Å². The van der Waals surface area contributed by atoms with Crippen molar-refractivity contribution >= 4 is 12.0 Å². The zero-order valence-corrected chi connectivity index (χ0v) is 24.2. The SMILES string of the molecule is CC(=O)OC1CCC2(C)C(CCC3(C)C2CCC2C4C(C(C)C)CC[C@]4(C(=O)F)CCC23C)C1(C)C. The number of carbonyl (C=O) groups is 2. The van der Waals surface area contributed by atoms with Crippen LogP contribution in [0, 0.1) is 62.6 Å². The summed E-state index contributed by atoms with van der Waals surface area (Å²) in [6.07, 6.45) is 10.2. The predicted molar refractivity (Wildman–Crippen MR) is 141 cm³/mol. The summed E-state index contributed by atoms with van der Waals surface area (Å²) in [7, 11) is 0. The zero-order valence-electron chi connectivity index (χ0n) is 24.2. The number of esters is 1. The Morgan fingerprint density at radius 2 is 1.50 bits per heavy atom. The molecule has 0 saturated heterocycles. The van der Waals surface area contributed by atoms with Gasteiger partial charge in [-0.2, -0.15) is 4.39 Å². The molecule has 5 fully saturated rings. The molecule has 5 rings (SSSR count). The van der Waals surface area contributed by atoms with E-state index in [1.807, 2.05) is 0 Å². The van der Waals surface area contributed by atoms with Gasteiger partial charge in [-0.3, -0.25) is 9.59 Å². The van der Waals surface area contributed by atoms with E-state index in [1.165, 1.54) is 19.3 Å². The predicted octanol–water partition coefficient (Wildman–Crippen LogP) is 8.15. The van der Waals surface area contributed by atoms with Crippen molar-refractivity contribution < 1.29 is 18.7 Å². The minimum Gasteiger partial charge on any atom is -0.462 e. The Balaban J connectivity index is 1.52. The summed E-state index contributed by atoms with van der Waals surface area (Å²) in [4.78, 5) is 24.5. The number of rotatable bonds is 3. The number of hydrogen-bond donors (Lipinski definition) is 0. The van der Waals surface area contributed by atoms with Gasteiger partial charge in [0.15, 0.2) is 0 Å². The second-order valence-corrected chi connectivity index (χ2v) is 15.5. The third-order valence-electron chi connectivity index (χ3n) is 14.0. The molecule has 204 valence electrons. The number of carbonyl (C=O) groups excluding carboxylic acids is 2. The summed E-state index contributed by atoms with van der Waals surface area (Å²) in [6.45, 7) is 18.5. The molecule has 9 unspecified atom stereocenters. The molecule has 0 radical (unpaired) electrons. The normalized spacial score (nSPS) is 51.5. The van der Waals surface area contributed by atoms with Crippen molar-refractivity contribution in [2.24, 2.45) is 62.6 Å². The van der Waals surface area contributed by atoms with Crippen LogP contribution in [0.4, 0.5) is 4.39 Å². The van der Waals surface area contributed by atoms with Gasteiger partial charge in [-0.1, -0.05) is 48.5 Å². The molecule has 0 spiro atoms. The monoisotopic (exact) mass is 502 g/mol. The molecule has 0 aromatic rings. The first-order chi connectivity index (χ1) is 16.6. The highest BCUT2D eigenvalue weighted by atomic mass is 19.1. The van der Waals surface area contributed by atoms with Crippen LogP contribution in [0.1, 0.15) is 120 Å². The van der Waals surface area contributed by atoms with Gasteiger partial charge in [0.25, 0.3) is 0 Å². The molecule has 5 aliphatic rings. The molecule has 0 heterocycles. The molecule has 0 bridgehead atoms. The first kappa shape index (κ1) is 26.7. The van der Waals surface area contributed by atoms with Crippen molar-refractivity contribution in [3.63, 3.8) is 0 Å². The fourth-order valence-corrected chi connectivity index (χ4v) is 12.1. The average molecular weight is 503 g/mol. The van der Waals surface area contributed by atoms with Gasteiger partial charge in [-0.25, -0.2) is 0 Å². The first-order valence-corrected chi connectivity index (χ1v) is 15.0. The zero-order chi connectivity index (χ0) is 26.5. The van der Waals surface area contributed by atoms with Crippen LogP contribution < -0.4 is 0 Å². The molecule has 0 aliphatic heterocycles. The third kappa shape index (κ3) is 3.26. The van der Waals surface area contributed by atoms with Gasteiger partial charge in [-0.15, -0.1) is 0 Å². The standard InChI is InChI=1S/C32H51FO3/c1-19(2)21-11-16-32(27(33)35)18-17-30(7)22(26(21)32)9-10-24-29(6)14-13-25(36-20(3)34)28(4,5)23(29)12-15-31(24,30)8/h19,21-26H,9-18H2,1-8H3/t21?,22?,23?,24?,25?,26?,29?,30?,31?,32-/m0/s1. The van der Waals surface area contributed by atoms with E-state index in [4.69, 9.17) is 4.74 Å². The summed E-state index contributed by atoms with van der Waals surface area (Å²) in [6, 6.07) is -1.01. The van der Waals surface area contributed by atoms with Gasteiger partial charge in [-0.05, 0) is 116 Å². The summed E-state index contributed by atoms with van der Waals surface area (Å²) in [5.74, 6) is 2.59. The lowest BCUT2D eigenvalue weighted by Crippen LogP contribution is -2.67. The van der Waals surface area contributed by atoms with Crippen molar-refractivity contribution in [3.8, 4) is 0 Å².